The molecule has 2 fully saturated rings. The molecule has 6 nitrogen and oxygen atoms in total. The van der Waals surface area contributed by atoms with E-state index in [2.05, 4.69) is 39.8 Å². The Hall–Kier alpha value is -2.99. The fourth-order valence-electron chi connectivity index (χ4n) is 4.31. The highest BCUT2D eigenvalue weighted by atomic mass is 16.4. The third kappa shape index (κ3) is 3.56. The minimum absolute atomic E-state index is 0.0366. The van der Waals surface area contributed by atoms with Crippen molar-refractivity contribution in [1.29, 1.82) is 0 Å². The molecule has 0 unspecified atom stereocenters. The Bertz CT molecular complexity index is 967. The van der Waals surface area contributed by atoms with Crippen LogP contribution in [0.25, 0.3) is 0 Å². The van der Waals surface area contributed by atoms with Gasteiger partial charge in [-0.1, -0.05) is 48.5 Å². The molecule has 0 spiro atoms. The van der Waals surface area contributed by atoms with Gasteiger partial charge in [-0.25, -0.2) is 0 Å². The lowest BCUT2D eigenvalue weighted by Gasteiger charge is -2.37. The molecule has 148 valence electrons. The third-order valence-electron chi connectivity index (χ3n) is 5.95. The van der Waals surface area contributed by atoms with Gasteiger partial charge in [0.15, 0.2) is 0 Å². The van der Waals surface area contributed by atoms with Crippen LogP contribution in [-0.4, -0.2) is 40.6 Å². The van der Waals surface area contributed by atoms with E-state index in [-0.39, 0.29) is 17.9 Å². The van der Waals surface area contributed by atoms with Crippen LogP contribution >= 0.6 is 0 Å². The van der Waals surface area contributed by atoms with Gasteiger partial charge in [-0.05, 0) is 37.1 Å². The molecule has 2 atom stereocenters. The van der Waals surface area contributed by atoms with E-state index in [0.717, 1.165) is 19.4 Å². The Labute approximate surface area is 169 Å². The minimum Gasteiger partial charge on any atom is -0.423 e. The molecule has 2 aromatic carbocycles. The highest BCUT2D eigenvalue weighted by molar-refractivity contribution is 5.94. The second-order valence-corrected chi connectivity index (χ2v) is 7.84. The van der Waals surface area contributed by atoms with Crippen molar-refractivity contribution in [2.45, 2.75) is 30.7 Å². The van der Waals surface area contributed by atoms with Crippen LogP contribution in [0, 0.1) is 0 Å². The molecule has 1 N–H and O–H groups in total. The summed E-state index contributed by atoms with van der Waals surface area (Å²) >= 11 is 0. The van der Waals surface area contributed by atoms with E-state index in [0.29, 0.717) is 36.4 Å². The molecule has 29 heavy (non-hydrogen) atoms. The predicted molar refractivity (Wildman–Crippen MR) is 109 cm³/mol. The molecule has 1 amide bonds. The molecule has 2 aliphatic heterocycles. The summed E-state index contributed by atoms with van der Waals surface area (Å²) in [6.45, 7) is 2.19. The number of hydrogen-bond donors (Lipinski definition) is 1. The maximum Gasteiger partial charge on any atom is 0.253 e. The van der Waals surface area contributed by atoms with Crippen molar-refractivity contribution < 1.29 is 9.21 Å². The highest BCUT2D eigenvalue weighted by Crippen LogP contribution is 2.37. The number of benzene rings is 2. The van der Waals surface area contributed by atoms with E-state index in [4.69, 9.17) is 4.42 Å². The van der Waals surface area contributed by atoms with E-state index >= 15 is 0 Å². The number of amides is 1. The standard InChI is InChI=1S/C23H24N4O2/c28-23(17-10-5-2-6-11-17)27-14-18(15-27)21-25-26-22(29-21)20-19(12-7-13-24-20)16-8-3-1-4-9-16/h1-6,8-11,18-20,24H,7,12-15H2/t19-,20-/m1/s1. The number of nitrogens with zero attached hydrogens (tertiary/aromatic N) is 3. The van der Waals surface area contributed by atoms with E-state index in [1.807, 2.05) is 41.3 Å². The molecule has 5 rings (SSSR count). The van der Waals surface area contributed by atoms with E-state index in [9.17, 15) is 4.79 Å². The Balaban J connectivity index is 1.27. The van der Waals surface area contributed by atoms with Gasteiger partial charge in [-0.3, -0.25) is 4.79 Å². The summed E-state index contributed by atoms with van der Waals surface area (Å²) in [5.74, 6) is 1.79. The highest BCUT2D eigenvalue weighted by Gasteiger charge is 2.37. The first kappa shape index (κ1) is 18.1. The summed E-state index contributed by atoms with van der Waals surface area (Å²) in [4.78, 5) is 14.3. The molecular formula is C23H24N4O2. The van der Waals surface area contributed by atoms with E-state index in [1.54, 1.807) is 0 Å². The summed E-state index contributed by atoms with van der Waals surface area (Å²) in [5, 5.41) is 12.2. The average Bonchev–Trinajstić information content (AvgIpc) is 3.23. The summed E-state index contributed by atoms with van der Waals surface area (Å²) < 4.78 is 6.09. The van der Waals surface area contributed by atoms with Crippen molar-refractivity contribution in [3.05, 3.63) is 83.6 Å². The summed E-state index contributed by atoms with van der Waals surface area (Å²) in [7, 11) is 0. The van der Waals surface area contributed by atoms with Crippen LogP contribution in [0.5, 0.6) is 0 Å². The fraction of sp³-hybridized carbons (Fsp3) is 0.348. The van der Waals surface area contributed by atoms with Gasteiger partial charge in [0.05, 0.1) is 12.0 Å². The number of carbonyl (C=O) groups excluding carboxylic acids is 1. The molecule has 3 heterocycles. The van der Waals surface area contributed by atoms with Gasteiger partial charge < -0.3 is 14.6 Å². The molecule has 0 radical (unpaired) electrons. The van der Waals surface area contributed by atoms with E-state index < -0.39 is 0 Å². The van der Waals surface area contributed by atoms with Crippen molar-refractivity contribution >= 4 is 5.91 Å². The van der Waals surface area contributed by atoms with Gasteiger partial charge in [0, 0.05) is 24.6 Å². The molecule has 0 saturated carbocycles. The van der Waals surface area contributed by atoms with Crippen molar-refractivity contribution in [2.75, 3.05) is 19.6 Å². The summed E-state index contributed by atoms with van der Waals surface area (Å²) in [6, 6.07) is 19.9. The van der Waals surface area contributed by atoms with Crippen LogP contribution < -0.4 is 5.32 Å². The van der Waals surface area contributed by atoms with Crippen LogP contribution in [0.1, 0.15) is 58.4 Å². The first-order chi connectivity index (χ1) is 14.3. The molecule has 0 aliphatic carbocycles. The van der Waals surface area contributed by atoms with E-state index in [1.165, 1.54) is 5.56 Å². The Morgan fingerprint density at radius 2 is 1.66 bits per heavy atom. The minimum atomic E-state index is 0.0366. The molecule has 2 saturated heterocycles. The van der Waals surface area contributed by atoms with Gasteiger partial charge in [0.2, 0.25) is 11.8 Å². The zero-order valence-corrected chi connectivity index (χ0v) is 16.2. The van der Waals surface area contributed by atoms with Crippen LogP contribution in [0.3, 0.4) is 0 Å². The van der Waals surface area contributed by atoms with Crippen LogP contribution in [-0.2, 0) is 0 Å². The molecule has 2 aliphatic rings. The predicted octanol–water partition coefficient (Wildman–Crippen LogP) is 3.52. The van der Waals surface area contributed by atoms with Crippen LogP contribution in [0.2, 0.25) is 0 Å². The number of likely N-dealkylation sites (tertiary alicyclic amines) is 1. The zero-order chi connectivity index (χ0) is 19.6. The van der Waals surface area contributed by atoms with Gasteiger partial charge in [-0.2, -0.15) is 0 Å². The van der Waals surface area contributed by atoms with Crippen LogP contribution in [0.15, 0.2) is 65.1 Å². The largest absolute Gasteiger partial charge is 0.423 e. The number of carbonyl (C=O) groups is 1. The number of hydrogen-bond acceptors (Lipinski definition) is 5. The molecule has 1 aromatic heterocycles. The summed E-state index contributed by atoms with van der Waals surface area (Å²) in [5.41, 5.74) is 2.02. The van der Waals surface area contributed by atoms with Crippen molar-refractivity contribution in [3.63, 3.8) is 0 Å². The van der Waals surface area contributed by atoms with Gasteiger partial charge in [0.25, 0.3) is 5.91 Å². The summed E-state index contributed by atoms with van der Waals surface area (Å²) in [6.07, 6.45) is 2.23. The quantitative estimate of drug-likeness (QED) is 0.740. The molecule has 0 bridgehead atoms. The topological polar surface area (TPSA) is 71.3 Å². The lowest BCUT2D eigenvalue weighted by atomic mass is 9.85. The van der Waals surface area contributed by atoms with Gasteiger partial charge in [-0.15, -0.1) is 10.2 Å². The fourth-order valence-corrected chi connectivity index (χ4v) is 4.31. The maximum atomic E-state index is 12.5. The zero-order valence-electron chi connectivity index (χ0n) is 16.2. The Morgan fingerprint density at radius 1 is 0.966 bits per heavy atom. The molecular weight excluding hydrogens is 364 g/mol. The first-order valence-electron chi connectivity index (χ1n) is 10.3. The average molecular weight is 388 g/mol. The Morgan fingerprint density at radius 3 is 2.41 bits per heavy atom. The second-order valence-electron chi connectivity index (χ2n) is 7.84. The lowest BCUT2D eigenvalue weighted by Crippen LogP contribution is -2.48. The van der Waals surface area contributed by atoms with Crippen LogP contribution in [0.4, 0.5) is 0 Å². The second kappa shape index (κ2) is 7.79. The van der Waals surface area contributed by atoms with Gasteiger partial charge >= 0.3 is 0 Å². The SMILES string of the molecule is O=C(c1ccccc1)N1CC(c2nnc([C@@H]3NCCC[C@@H]3c3ccccc3)o2)C1. The normalized spacial score (nSPS) is 22.3. The molecule has 6 heteroatoms. The van der Waals surface area contributed by atoms with Crippen molar-refractivity contribution in [2.24, 2.45) is 0 Å². The van der Waals surface area contributed by atoms with Crippen molar-refractivity contribution in [1.82, 2.24) is 20.4 Å². The first-order valence-corrected chi connectivity index (χ1v) is 10.3. The number of nitrogens with one attached hydrogen (secondary N) is 1. The van der Waals surface area contributed by atoms with Crippen molar-refractivity contribution in [3.8, 4) is 0 Å². The Kier molecular flexibility index (Phi) is 4.86. The number of rotatable bonds is 4. The number of piperidine rings is 1. The maximum absolute atomic E-state index is 12.5. The smallest absolute Gasteiger partial charge is 0.253 e. The molecule has 3 aromatic rings. The third-order valence-corrected chi connectivity index (χ3v) is 5.95. The van der Waals surface area contributed by atoms with Gasteiger partial charge in [0.1, 0.15) is 0 Å². The number of aromatic nitrogens is 2. The monoisotopic (exact) mass is 388 g/mol. The lowest BCUT2D eigenvalue weighted by molar-refractivity contribution is 0.0573.